The number of hydrogen-bond acceptors (Lipinski definition) is 2. The fourth-order valence-electron chi connectivity index (χ4n) is 1.33. The van der Waals surface area contributed by atoms with Gasteiger partial charge < -0.3 is 5.73 Å². The molecular weight excluding hydrogens is 170 g/mol. The summed E-state index contributed by atoms with van der Waals surface area (Å²) in [6.45, 7) is 7.85. The minimum Gasteiger partial charge on any atom is -0.330 e. The topological polar surface area (TPSA) is 26.0 Å². The molecule has 0 aliphatic heterocycles. The summed E-state index contributed by atoms with van der Waals surface area (Å²) in [6.07, 6.45) is 0. The Labute approximate surface area is 75.8 Å². The van der Waals surface area contributed by atoms with E-state index in [9.17, 15) is 0 Å². The van der Waals surface area contributed by atoms with E-state index in [0.29, 0.717) is 0 Å². The average Bonchev–Trinajstić information content (AvgIpc) is 2.08. The molecule has 0 rings (SSSR count). The van der Waals surface area contributed by atoms with Gasteiger partial charge in [-0.1, -0.05) is 38.9 Å². The molecule has 0 fully saturated rings. The zero-order chi connectivity index (χ0) is 8.74. The van der Waals surface area contributed by atoms with Crippen molar-refractivity contribution in [2.75, 3.05) is 12.3 Å². The van der Waals surface area contributed by atoms with Gasteiger partial charge in [-0.25, -0.2) is 0 Å². The van der Waals surface area contributed by atoms with Gasteiger partial charge in [0.25, 0.3) is 0 Å². The monoisotopic (exact) mass is 191 g/mol. The first kappa shape index (κ1) is 11.5. The number of nitrogens with two attached hydrogens (primary N) is 1. The van der Waals surface area contributed by atoms with E-state index in [0.717, 1.165) is 6.54 Å². The normalized spacial score (nSPS) is 12.0. The summed E-state index contributed by atoms with van der Waals surface area (Å²) in [6, 6.07) is 4.22. The first-order valence-corrected chi connectivity index (χ1v) is 8.91. The van der Waals surface area contributed by atoms with E-state index in [1.165, 1.54) is 23.9 Å². The van der Waals surface area contributed by atoms with Crippen LogP contribution in [0.25, 0.3) is 0 Å². The van der Waals surface area contributed by atoms with Gasteiger partial charge >= 0.3 is 0 Å². The third kappa shape index (κ3) is 3.63. The first-order chi connectivity index (χ1) is 5.24. The molecule has 2 N–H and O–H groups in total. The van der Waals surface area contributed by atoms with Crippen molar-refractivity contribution in [1.82, 2.24) is 0 Å². The summed E-state index contributed by atoms with van der Waals surface area (Å²) < 4.78 is 0. The van der Waals surface area contributed by atoms with Gasteiger partial charge in [-0.2, -0.15) is 11.2 Å². The Morgan fingerprint density at radius 1 is 1.09 bits per heavy atom. The van der Waals surface area contributed by atoms with E-state index in [-0.39, 0.29) is 0 Å². The minimum absolute atomic E-state index is 0.847. The third-order valence-electron chi connectivity index (χ3n) is 2.46. The van der Waals surface area contributed by atoms with Gasteiger partial charge in [-0.05, 0) is 0 Å². The van der Waals surface area contributed by atoms with Crippen LogP contribution in [-0.4, -0.2) is 19.5 Å². The van der Waals surface area contributed by atoms with Gasteiger partial charge in [-0.15, -0.1) is 0 Å². The Balaban J connectivity index is 3.84. The van der Waals surface area contributed by atoms with Crippen molar-refractivity contribution in [2.45, 2.75) is 38.9 Å². The van der Waals surface area contributed by atoms with Crippen molar-refractivity contribution in [3.05, 3.63) is 0 Å². The SMILES string of the molecule is CC[Si](CC)(CC)SCCN. The van der Waals surface area contributed by atoms with Crippen LogP contribution in [0.1, 0.15) is 20.8 Å². The Hall–Kier alpha value is 0.527. The maximum Gasteiger partial charge on any atom is 0.116 e. The highest BCUT2D eigenvalue weighted by Gasteiger charge is 2.26. The third-order valence-corrected chi connectivity index (χ3v) is 12.4. The van der Waals surface area contributed by atoms with Crippen molar-refractivity contribution in [1.29, 1.82) is 0 Å². The van der Waals surface area contributed by atoms with E-state index in [2.05, 4.69) is 32.0 Å². The Morgan fingerprint density at radius 2 is 1.55 bits per heavy atom. The maximum absolute atomic E-state index is 5.50. The molecule has 0 radical (unpaired) electrons. The van der Waals surface area contributed by atoms with Crippen LogP contribution in [0.15, 0.2) is 0 Å². The van der Waals surface area contributed by atoms with Gasteiger partial charge in [0.1, 0.15) is 7.22 Å². The molecule has 0 aliphatic rings. The second kappa shape index (κ2) is 6.09. The molecule has 0 spiro atoms. The zero-order valence-electron chi connectivity index (χ0n) is 8.02. The molecule has 0 aromatic heterocycles. The molecule has 0 heterocycles. The summed E-state index contributed by atoms with van der Waals surface area (Å²) in [4.78, 5) is 0. The molecule has 68 valence electrons. The summed E-state index contributed by atoms with van der Waals surface area (Å²) in [7, 11) is -0.902. The molecule has 0 atom stereocenters. The van der Waals surface area contributed by atoms with Crippen LogP contribution < -0.4 is 5.73 Å². The Kier molecular flexibility index (Phi) is 6.38. The van der Waals surface area contributed by atoms with E-state index in [4.69, 9.17) is 5.73 Å². The minimum atomic E-state index is -0.902. The van der Waals surface area contributed by atoms with Crippen molar-refractivity contribution >= 4 is 18.4 Å². The number of rotatable bonds is 6. The second-order valence-electron chi connectivity index (χ2n) is 2.88. The standard InChI is InChI=1S/C8H21NSSi/c1-4-11(5-2,6-3)10-8-7-9/h4-9H2,1-3H3. The molecule has 0 saturated carbocycles. The van der Waals surface area contributed by atoms with E-state index in [1.54, 1.807) is 0 Å². The lowest BCUT2D eigenvalue weighted by molar-refractivity contribution is 1.15. The molecule has 0 bridgehead atoms. The molecular formula is C8H21NSSi. The van der Waals surface area contributed by atoms with Crippen LogP contribution in [-0.2, 0) is 0 Å². The quantitative estimate of drug-likeness (QED) is 0.653. The van der Waals surface area contributed by atoms with Gasteiger partial charge in [0.2, 0.25) is 0 Å². The highest BCUT2D eigenvalue weighted by Crippen LogP contribution is 2.31. The summed E-state index contributed by atoms with van der Waals surface area (Å²) in [5, 5.41) is 0. The Bertz CT molecular complexity index is 85.8. The van der Waals surface area contributed by atoms with Gasteiger partial charge in [0.15, 0.2) is 0 Å². The lowest BCUT2D eigenvalue weighted by Crippen LogP contribution is -2.28. The van der Waals surface area contributed by atoms with Crippen LogP contribution in [0.5, 0.6) is 0 Å². The van der Waals surface area contributed by atoms with Crippen LogP contribution in [0, 0.1) is 0 Å². The molecule has 3 heteroatoms. The maximum atomic E-state index is 5.50. The first-order valence-electron chi connectivity index (χ1n) is 4.58. The smallest absolute Gasteiger partial charge is 0.116 e. The molecule has 0 unspecified atom stereocenters. The molecule has 1 nitrogen and oxygen atoms in total. The summed E-state index contributed by atoms with van der Waals surface area (Å²) in [5.41, 5.74) is 5.50. The van der Waals surface area contributed by atoms with Crippen molar-refractivity contribution in [3.8, 4) is 0 Å². The molecule has 11 heavy (non-hydrogen) atoms. The summed E-state index contributed by atoms with van der Waals surface area (Å²) >= 11 is 2.18. The molecule has 0 saturated heterocycles. The fourth-order valence-corrected chi connectivity index (χ4v) is 7.48. The van der Waals surface area contributed by atoms with Crippen LogP contribution in [0.4, 0.5) is 0 Å². The van der Waals surface area contributed by atoms with E-state index < -0.39 is 7.22 Å². The molecule has 0 aliphatic carbocycles. The zero-order valence-corrected chi connectivity index (χ0v) is 9.84. The van der Waals surface area contributed by atoms with Crippen LogP contribution >= 0.6 is 11.2 Å². The fraction of sp³-hybridized carbons (Fsp3) is 1.00. The van der Waals surface area contributed by atoms with E-state index >= 15 is 0 Å². The largest absolute Gasteiger partial charge is 0.330 e. The average molecular weight is 191 g/mol. The highest BCUT2D eigenvalue weighted by molar-refractivity contribution is 8.29. The molecule has 0 aromatic rings. The van der Waals surface area contributed by atoms with E-state index in [1.807, 2.05) is 0 Å². The van der Waals surface area contributed by atoms with Crippen molar-refractivity contribution in [2.24, 2.45) is 5.73 Å². The van der Waals surface area contributed by atoms with Crippen molar-refractivity contribution < 1.29 is 0 Å². The van der Waals surface area contributed by atoms with Gasteiger partial charge in [0.05, 0.1) is 0 Å². The molecule has 0 amide bonds. The van der Waals surface area contributed by atoms with Gasteiger partial charge in [-0.3, -0.25) is 0 Å². The predicted octanol–water partition coefficient (Wildman–Crippen LogP) is 2.68. The van der Waals surface area contributed by atoms with Gasteiger partial charge in [0, 0.05) is 12.3 Å². The number of hydrogen-bond donors (Lipinski definition) is 1. The summed E-state index contributed by atoms with van der Waals surface area (Å²) in [5.74, 6) is 1.17. The van der Waals surface area contributed by atoms with Crippen LogP contribution in [0.2, 0.25) is 18.1 Å². The second-order valence-corrected chi connectivity index (χ2v) is 11.5. The van der Waals surface area contributed by atoms with Crippen molar-refractivity contribution in [3.63, 3.8) is 0 Å². The highest BCUT2D eigenvalue weighted by atomic mass is 32.4. The van der Waals surface area contributed by atoms with Crippen LogP contribution in [0.3, 0.4) is 0 Å². The lowest BCUT2D eigenvalue weighted by atomic mass is 10.8. The predicted molar refractivity (Wildman–Crippen MR) is 58.7 cm³/mol. The molecule has 0 aromatic carbocycles. The lowest BCUT2D eigenvalue weighted by Gasteiger charge is -2.26. The Morgan fingerprint density at radius 3 is 1.82 bits per heavy atom.